The Kier molecular flexibility index (Phi) is 8.44. The maximum Gasteiger partial charge on any atom is 0.416 e. The summed E-state index contributed by atoms with van der Waals surface area (Å²) in [5.74, 6) is -0.525. The largest absolute Gasteiger partial charge is 0.485 e. The quantitative estimate of drug-likeness (QED) is 0.139. The molecular formula is C24H23F3N2O4S2. The number of alkyl halides is 3. The van der Waals surface area contributed by atoms with E-state index < -0.39 is 34.6 Å². The number of methoxy groups -OCH3 is 1. The maximum absolute atomic E-state index is 13.5. The fraction of sp³-hybridized carbons (Fsp3) is 0.250. The van der Waals surface area contributed by atoms with E-state index in [-0.39, 0.29) is 16.2 Å². The van der Waals surface area contributed by atoms with Crippen LogP contribution in [0.25, 0.3) is 17.2 Å². The zero-order valence-electron chi connectivity index (χ0n) is 19.1. The van der Waals surface area contributed by atoms with Gasteiger partial charge in [-0.1, -0.05) is 24.3 Å². The molecular weight excluding hydrogens is 501 g/mol. The molecule has 0 aliphatic rings. The standard InChI is InChI=1S/C24H23F3N2O4S2/c1-15(17-6-4-5-7-18(17)24(25,26)27)33-21(22(34)23(30)32-2)10-11-29-14-28-19-9-8-16(12-20(19)29)13-35(3)31/h4-12,14-15,34H,13H2,1-3H3/b11-10+,22-21+/t15-,35?/m1/s1. The van der Waals surface area contributed by atoms with E-state index in [9.17, 15) is 22.2 Å². The van der Waals surface area contributed by atoms with E-state index in [1.165, 1.54) is 37.5 Å². The number of carbonyl (C=O) groups excluding carboxylic acids is 1. The van der Waals surface area contributed by atoms with Gasteiger partial charge in [0.05, 0.1) is 30.0 Å². The van der Waals surface area contributed by atoms with Gasteiger partial charge in [-0.3, -0.25) is 4.21 Å². The molecule has 2 atom stereocenters. The van der Waals surface area contributed by atoms with E-state index in [0.717, 1.165) is 18.7 Å². The van der Waals surface area contributed by atoms with Gasteiger partial charge in [-0.15, -0.1) is 12.6 Å². The number of allylic oxidation sites excluding steroid dienone is 1. The van der Waals surface area contributed by atoms with E-state index >= 15 is 0 Å². The second kappa shape index (κ2) is 11.1. The average Bonchev–Trinajstić information content (AvgIpc) is 3.21. The van der Waals surface area contributed by atoms with Gasteiger partial charge < -0.3 is 14.0 Å². The highest BCUT2D eigenvalue weighted by Crippen LogP contribution is 2.36. The molecule has 0 fully saturated rings. The summed E-state index contributed by atoms with van der Waals surface area (Å²) in [5, 5.41) is 0. The molecule has 0 N–H and O–H groups in total. The molecule has 1 aromatic heterocycles. The number of imidazole rings is 1. The first-order valence-electron chi connectivity index (χ1n) is 10.3. The van der Waals surface area contributed by atoms with Gasteiger partial charge in [0.15, 0.2) is 0 Å². The van der Waals surface area contributed by atoms with Crippen molar-refractivity contribution in [1.29, 1.82) is 0 Å². The van der Waals surface area contributed by atoms with Crippen LogP contribution in [-0.2, 0) is 37.0 Å². The maximum atomic E-state index is 13.5. The molecule has 0 aliphatic heterocycles. The molecule has 3 aromatic rings. The highest BCUT2D eigenvalue weighted by atomic mass is 32.2. The molecule has 6 nitrogen and oxygen atoms in total. The Balaban J connectivity index is 1.98. The molecule has 0 saturated heterocycles. The third-order valence-electron chi connectivity index (χ3n) is 5.02. The average molecular weight is 525 g/mol. The lowest BCUT2D eigenvalue weighted by atomic mass is 10.0. The van der Waals surface area contributed by atoms with Crippen molar-refractivity contribution >= 4 is 46.6 Å². The fourth-order valence-corrected chi connectivity index (χ4v) is 4.27. The summed E-state index contributed by atoms with van der Waals surface area (Å²) in [6.45, 7) is 1.44. The molecule has 186 valence electrons. The monoisotopic (exact) mass is 524 g/mol. The van der Waals surface area contributed by atoms with Gasteiger partial charge in [-0.05, 0) is 36.8 Å². The number of halogens is 3. The number of hydrogen-bond donors (Lipinski definition) is 1. The Morgan fingerprint density at radius 3 is 2.63 bits per heavy atom. The van der Waals surface area contributed by atoms with Crippen molar-refractivity contribution < 1.29 is 31.6 Å². The second-order valence-electron chi connectivity index (χ2n) is 7.56. The molecule has 35 heavy (non-hydrogen) atoms. The minimum Gasteiger partial charge on any atom is -0.485 e. The summed E-state index contributed by atoms with van der Waals surface area (Å²) in [6.07, 6.45) is 0.441. The molecule has 0 aliphatic carbocycles. The minimum atomic E-state index is -4.57. The predicted molar refractivity (Wildman–Crippen MR) is 132 cm³/mol. The molecule has 1 unspecified atom stereocenters. The van der Waals surface area contributed by atoms with E-state index in [0.29, 0.717) is 16.8 Å². The highest BCUT2D eigenvalue weighted by Gasteiger charge is 2.34. The summed E-state index contributed by atoms with van der Waals surface area (Å²) in [4.78, 5) is 16.2. The van der Waals surface area contributed by atoms with Crippen LogP contribution in [0.2, 0.25) is 0 Å². The first-order chi connectivity index (χ1) is 16.5. The Hall–Kier alpha value is -3.05. The summed E-state index contributed by atoms with van der Waals surface area (Å²) < 4.78 is 64.2. The van der Waals surface area contributed by atoms with Crippen molar-refractivity contribution in [2.45, 2.75) is 25.0 Å². The van der Waals surface area contributed by atoms with Crippen LogP contribution in [0, 0.1) is 0 Å². The molecule has 2 aromatic carbocycles. The van der Waals surface area contributed by atoms with Crippen molar-refractivity contribution in [3.63, 3.8) is 0 Å². The molecule has 1 heterocycles. The molecule has 11 heteroatoms. The molecule has 0 saturated carbocycles. The SMILES string of the molecule is COC(=O)/C(S)=C(/C=C/n1cnc2ccc(CS(C)=O)cc21)O[C@H](C)c1ccccc1C(F)(F)F. The predicted octanol–water partition coefficient (Wildman–Crippen LogP) is 5.50. The Morgan fingerprint density at radius 1 is 1.26 bits per heavy atom. The Labute approximate surface area is 208 Å². The number of hydrogen-bond acceptors (Lipinski definition) is 6. The van der Waals surface area contributed by atoms with Gasteiger partial charge in [0.1, 0.15) is 16.8 Å². The molecule has 0 spiro atoms. The highest BCUT2D eigenvalue weighted by molar-refractivity contribution is 7.85. The normalized spacial score (nSPS) is 14.6. The van der Waals surface area contributed by atoms with Crippen molar-refractivity contribution in [3.8, 4) is 0 Å². The second-order valence-corrected chi connectivity index (χ2v) is 9.44. The van der Waals surface area contributed by atoms with E-state index in [4.69, 9.17) is 9.47 Å². The van der Waals surface area contributed by atoms with Crippen molar-refractivity contribution in [3.05, 3.63) is 82.2 Å². The number of fused-ring (bicyclic) bond motifs is 1. The van der Waals surface area contributed by atoms with Crippen LogP contribution in [0.4, 0.5) is 13.2 Å². The number of ether oxygens (including phenoxy) is 2. The zero-order valence-corrected chi connectivity index (χ0v) is 20.8. The number of esters is 1. The summed E-state index contributed by atoms with van der Waals surface area (Å²) in [5.41, 5.74) is 1.30. The number of benzene rings is 2. The number of aromatic nitrogens is 2. The van der Waals surface area contributed by atoms with E-state index in [1.54, 1.807) is 23.1 Å². The van der Waals surface area contributed by atoms with Crippen LogP contribution < -0.4 is 0 Å². The summed E-state index contributed by atoms with van der Waals surface area (Å²) in [6, 6.07) is 10.5. The molecule has 0 bridgehead atoms. The van der Waals surface area contributed by atoms with Crippen molar-refractivity contribution in [2.75, 3.05) is 13.4 Å². The van der Waals surface area contributed by atoms with Crippen LogP contribution in [0.5, 0.6) is 0 Å². The van der Waals surface area contributed by atoms with E-state index in [1.807, 2.05) is 12.1 Å². The van der Waals surface area contributed by atoms with E-state index in [2.05, 4.69) is 17.6 Å². The van der Waals surface area contributed by atoms with Gasteiger partial charge >= 0.3 is 12.1 Å². The Bertz CT molecular complexity index is 1320. The minimum absolute atomic E-state index is 0.0858. The van der Waals surface area contributed by atoms with Gasteiger partial charge in [0, 0.05) is 34.6 Å². The number of carbonyl (C=O) groups is 1. The van der Waals surface area contributed by atoms with Gasteiger partial charge in [0.2, 0.25) is 0 Å². The number of thiol groups is 1. The fourth-order valence-electron chi connectivity index (χ4n) is 3.40. The van der Waals surface area contributed by atoms with Crippen LogP contribution in [0.15, 0.2) is 65.5 Å². The molecule has 3 rings (SSSR count). The van der Waals surface area contributed by atoms with Crippen LogP contribution in [0.1, 0.15) is 29.7 Å². The lowest BCUT2D eigenvalue weighted by Gasteiger charge is -2.21. The smallest absolute Gasteiger partial charge is 0.416 e. The molecule has 0 amide bonds. The van der Waals surface area contributed by atoms with Gasteiger partial charge in [0.25, 0.3) is 0 Å². The summed E-state index contributed by atoms with van der Waals surface area (Å²) >= 11 is 4.18. The molecule has 0 radical (unpaired) electrons. The topological polar surface area (TPSA) is 70.4 Å². The van der Waals surface area contributed by atoms with Crippen LogP contribution in [-0.4, -0.2) is 33.1 Å². The summed E-state index contributed by atoms with van der Waals surface area (Å²) in [7, 11) is 0.130. The lowest BCUT2D eigenvalue weighted by molar-refractivity contribution is -0.139. The van der Waals surface area contributed by atoms with Crippen LogP contribution >= 0.6 is 12.6 Å². The van der Waals surface area contributed by atoms with Gasteiger partial charge in [-0.2, -0.15) is 13.2 Å². The van der Waals surface area contributed by atoms with Crippen LogP contribution in [0.3, 0.4) is 0 Å². The van der Waals surface area contributed by atoms with Gasteiger partial charge in [-0.25, -0.2) is 9.78 Å². The third-order valence-corrected chi connectivity index (χ3v) is 6.16. The van der Waals surface area contributed by atoms with Crippen molar-refractivity contribution in [1.82, 2.24) is 9.55 Å². The number of rotatable bonds is 8. The lowest BCUT2D eigenvalue weighted by Crippen LogP contribution is -2.13. The Morgan fingerprint density at radius 2 is 1.97 bits per heavy atom. The number of nitrogens with zero attached hydrogens (tertiary/aromatic N) is 2. The first kappa shape index (κ1) is 26.6. The van der Waals surface area contributed by atoms with Crippen molar-refractivity contribution in [2.24, 2.45) is 0 Å². The third kappa shape index (κ3) is 6.55. The zero-order chi connectivity index (χ0) is 25.8. The first-order valence-corrected chi connectivity index (χ1v) is 12.5.